The Morgan fingerprint density at radius 1 is 0.627 bits per heavy atom. The fourth-order valence-corrected chi connectivity index (χ4v) is 9.23. The molecule has 0 aliphatic heterocycles. The Labute approximate surface area is 318 Å². The second-order valence-electron chi connectivity index (χ2n) is 19.0. The molecule has 0 saturated heterocycles. The molecule has 5 heteroatoms. The lowest BCUT2D eigenvalue weighted by molar-refractivity contribution is -0.139. The van der Waals surface area contributed by atoms with Crippen LogP contribution in [0.4, 0.5) is 0 Å². The quantitative estimate of drug-likeness (QED) is 0.0697. The standard InChI is InChI=1S/C46H87N3O2/c1-13-17-21-25-29-33-46(12,32-28-24-20-16-4)42(51)44(9,10)36-43(7,8)37-49-35-40(47-48-49)38(5)34-39(6)41(50)45(11,30-26-22-18-14-2)31-27-23-19-15-3/h35,38-39H,13-34,36-37H2,1-12H3. The van der Waals surface area contributed by atoms with Gasteiger partial charge in [0.25, 0.3) is 0 Å². The van der Waals surface area contributed by atoms with Crippen molar-refractivity contribution in [3.63, 3.8) is 0 Å². The Bertz CT molecular complexity index is 1080. The van der Waals surface area contributed by atoms with E-state index in [-0.39, 0.29) is 28.1 Å². The molecule has 1 rings (SSSR count). The fourth-order valence-electron chi connectivity index (χ4n) is 9.23. The van der Waals surface area contributed by atoms with E-state index < -0.39 is 5.41 Å². The van der Waals surface area contributed by atoms with Gasteiger partial charge in [-0.25, -0.2) is 0 Å². The lowest BCUT2D eigenvalue weighted by atomic mass is 9.63. The van der Waals surface area contributed by atoms with E-state index >= 15 is 0 Å². The van der Waals surface area contributed by atoms with Gasteiger partial charge in [0, 0.05) is 40.8 Å². The predicted octanol–water partition coefficient (Wildman–Crippen LogP) is 14.3. The molecule has 0 aromatic carbocycles. The van der Waals surface area contributed by atoms with Gasteiger partial charge in [0.05, 0.1) is 5.69 Å². The first-order chi connectivity index (χ1) is 24.0. The van der Waals surface area contributed by atoms with Crippen LogP contribution in [0.3, 0.4) is 0 Å². The van der Waals surface area contributed by atoms with Gasteiger partial charge >= 0.3 is 0 Å². The third-order valence-corrected chi connectivity index (χ3v) is 12.1. The molecule has 0 bridgehead atoms. The van der Waals surface area contributed by atoms with Crippen molar-refractivity contribution in [2.24, 2.45) is 27.6 Å². The van der Waals surface area contributed by atoms with Crippen LogP contribution >= 0.6 is 0 Å². The summed E-state index contributed by atoms with van der Waals surface area (Å²) >= 11 is 0. The SMILES string of the molecule is CCCCCCCC(C)(CCCCCC)C(=O)C(C)(C)CC(C)(C)Cn1cc(C(C)CC(C)C(=O)C(C)(CCCCCC)CCCCCC)nn1. The summed E-state index contributed by atoms with van der Waals surface area (Å²) in [5, 5.41) is 9.21. The number of ketones is 2. The summed E-state index contributed by atoms with van der Waals surface area (Å²) in [6, 6.07) is 0. The fraction of sp³-hybridized carbons (Fsp3) is 0.913. The number of Topliss-reactive ketones (excluding diaryl/α,β-unsaturated/α-hetero) is 2. The monoisotopic (exact) mass is 714 g/mol. The number of unbranched alkanes of at least 4 members (excludes halogenated alkanes) is 13. The highest BCUT2D eigenvalue weighted by Gasteiger charge is 2.44. The Hall–Kier alpha value is -1.52. The molecule has 51 heavy (non-hydrogen) atoms. The van der Waals surface area contributed by atoms with Crippen molar-refractivity contribution >= 4 is 11.6 Å². The number of hydrogen-bond donors (Lipinski definition) is 0. The van der Waals surface area contributed by atoms with Crippen LogP contribution in [-0.4, -0.2) is 26.6 Å². The van der Waals surface area contributed by atoms with Crippen molar-refractivity contribution in [3.8, 4) is 0 Å². The van der Waals surface area contributed by atoms with Crippen LogP contribution in [0.1, 0.15) is 242 Å². The number of aromatic nitrogens is 3. The maximum Gasteiger partial charge on any atom is 0.144 e. The van der Waals surface area contributed by atoms with Crippen molar-refractivity contribution in [3.05, 3.63) is 11.9 Å². The molecule has 0 aliphatic carbocycles. The summed E-state index contributed by atoms with van der Waals surface area (Å²) in [7, 11) is 0. The van der Waals surface area contributed by atoms with E-state index in [9.17, 15) is 9.59 Å². The Morgan fingerprint density at radius 3 is 1.49 bits per heavy atom. The Balaban J connectivity index is 2.96. The van der Waals surface area contributed by atoms with E-state index in [1.54, 1.807) is 0 Å². The summed E-state index contributed by atoms with van der Waals surface area (Å²) in [5.41, 5.74) is -0.0645. The second-order valence-corrected chi connectivity index (χ2v) is 19.0. The highest BCUT2D eigenvalue weighted by Crippen LogP contribution is 2.44. The first-order valence-corrected chi connectivity index (χ1v) is 22.0. The van der Waals surface area contributed by atoms with Crippen LogP contribution in [-0.2, 0) is 16.1 Å². The van der Waals surface area contributed by atoms with Gasteiger partial charge < -0.3 is 0 Å². The lowest BCUT2D eigenvalue weighted by Gasteiger charge is -2.40. The van der Waals surface area contributed by atoms with Gasteiger partial charge in [-0.3, -0.25) is 14.3 Å². The maximum absolute atomic E-state index is 14.4. The van der Waals surface area contributed by atoms with Gasteiger partial charge in [0.2, 0.25) is 0 Å². The molecule has 0 N–H and O–H groups in total. The van der Waals surface area contributed by atoms with Crippen LogP contribution < -0.4 is 0 Å². The van der Waals surface area contributed by atoms with Gasteiger partial charge in [-0.15, -0.1) is 5.10 Å². The van der Waals surface area contributed by atoms with Crippen LogP contribution in [0.25, 0.3) is 0 Å². The van der Waals surface area contributed by atoms with Crippen LogP contribution in [0.2, 0.25) is 0 Å². The molecule has 298 valence electrons. The van der Waals surface area contributed by atoms with Gasteiger partial charge in [-0.05, 0) is 43.9 Å². The highest BCUT2D eigenvalue weighted by molar-refractivity contribution is 5.89. The summed E-state index contributed by atoms with van der Waals surface area (Å²) in [6.07, 6.45) is 28.5. The molecule has 0 saturated carbocycles. The molecule has 0 spiro atoms. The number of rotatable bonds is 32. The summed E-state index contributed by atoms with van der Waals surface area (Å²) in [5.74, 6) is 1.05. The van der Waals surface area contributed by atoms with Gasteiger partial charge in [0.1, 0.15) is 11.6 Å². The average molecular weight is 714 g/mol. The third kappa shape index (κ3) is 17.4. The number of carbonyl (C=O) groups is 2. The molecular weight excluding hydrogens is 627 g/mol. The normalized spacial score (nSPS) is 15.1. The van der Waals surface area contributed by atoms with Crippen molar-refractivity contribution in [2.45, 2.75) is 243 Å². The molecule has 1 aromatic rings. The zero-order valence-electron chi connectivity index (χ0n) is 36.4. The van der Waals surface area contributed by atoms with Crippen LogP contribution in [0.15, 0.2) is 6.20 Å². The van der Waals surface area contributed by atoms with Gasteiger partial charge in [0.15, 0.2) is 0 Å². The van der Waals surface area contributed by atoms with E-state index in [1.807, 2.05) is 4.68 Å². The second kappa shape index (κ2) is 24.0. The van der Waals surface area contributed by atoms with E-state index in [1.165, 1.54) is 83.5 Å². The number of nitrogens with zero attached hydrogens (tertiary/aromatic N) is 3. The van der Waals surface area contributed by atoms with Crippen LogP contribution in [0, 0.1) is 27.6 Å². The minimum absolute atomic E-state index is 0.00122. The Kier molecular flexibility index (Phi) is 22.4. The predicted molar refractivity (Wildman–Crippen MR) is 220 cm³/mol. The van der Waals surface area contributed by atoms with E-state index in [4.69, 9.17) is 0 Å². The van der Waals surface area contributed by atoms with Crippen molar-refractivity contribution in [2.75, 3.05) is 0 Å². The smallest absolute Gasteiger partial charge is 0.144 e. The highest BCUT2D eigenvalue weighted by atomic mass is 16.1. The number of hydrogen-bond acceptors (Lipinski definition) is 4. The molecule has 1 aromatic heterocycles. The third-order valence-electron chi connectivity index (χ3n) is 12.1. The van der Waals surface area contributed by atoms with E-state index in [0.29, 0.717) is 11.6 Å². The van der Waals surface area contributed by atoms with Crippen molar-refractivity contribution < 1.29 is 9.59 Å². The van der Waals surface area contributed by atoms with Gasteiger partial charge in [-0.1, -0.05) is 197 Å². The van der Waals surface area contributed by atoms with Crippen LogP contribution in [0.5, 0.6) is 0 Å². The van der Waals surface area contributed by atoms with E-state index in [0.717, 1.165) is 76.4 Å². The molecule has 0 radical (unpaired) electrons. The molecule has 0 amide bonds. The Morgan fingerprint density at radius 2 is 1.04 bits per heavy atom. The first-order valence-electron chi connectivity index (χ1n) is 22.0. The summed E-state index contributed by atoms with van der Waals surface area (Å²) in [4.78, 5) is 28.5. The molecule has 3 unspecified atom stereocenters. The minimum Gasteiger partial charge on any atom is -0.299 e. The molecule has 0 fully saturated rings. The van der Waals surface area contributed by atoms with Crippen molar-refractivity contribution in [1.82, 2.24) is 15.0 Å². The zero-order chi connectivity index (χ0) is 38.6. The maximum atomic E-state index is 14.4. The van der Waals surface area contributed by atoms with Crippen molar-refractivity contribution in [1.29, 1.82) is 0 Å². The zero-order valence-corrected chi connectivity index (χ0v) is 36.4. The topological polar surface area (TPSA) is 64.8 Å². The van der Waals surface area contributed by atoms with Gasteiger partial charge in [-0.2, -0.15) is 0 Å². The molecule has 0 aliphatic rings. The molecule has 1 heterocycles. The first kappa shape index (κ1) is 47.5. The van der Waals surface area contributed by atoms with E-state index in [2.05, 4.69) is 99.6 Å². The number of carbonyl (C=O) groups excluding carboxylic acids is 2. The molecule has 5 nitrogen and oxygen atoms in total. The molecular formula is C46H87N3O2. The minimum atomic E-state index is -0.418. The molecule has 3 atom stereocenters. The lowest BCUT2D eigenvalue weighted by Crippen LogP contribution is -2.42. The largest absolute Gasteiger partial charge is 0.299 e. The summed E-state index contributed by atoms with van der Waals surface area (Å²) in [6.45, 7) is 27.5. The average Bonchev–Trinajstić information content (AvgIpc) is 3.53. The summed E-state index contributed by atoms with van der Waals surface area (Å²) < 4.78 is 1.99.